The maximum atomic E-state index is 12.6. The summed E-state index contributed by atoms with van der Waals surface area (Å²) in [5, 5.41) is 2.39. The van der Waals surface area contributed by atoms with Crippen molar-refractivity contribution in [2.75, 3.05) is 39.5 Å². The number of carbonyl (C=O) groups is 2. The Kier molecular flexibility index (Phi) is 5.79. The lowest BCUT2D eigenvalue weighted by Crippen LogP contribution is -2.46. The summed E-state index contributed by atoms with van der Waals surface area (Å²) in [6.07, 6.45) is 6.39. The first kappa shape index (κ1) is 19.5. The van der Waals surface area contributed by atoms with Crippen LogP contribution < -0.4 is 5.32 Å². The van der Waals surface area contributed by atoms with Gasteiger partial charge in [0.25, 0.3) is 0 Å². The molecule has 8 heteroatoms. The van der Waals surface area contributed by atoms with E-state index in [1.807, 2.05) is 0 Å². The van der Waals surface area contributed by atoms with Crippen molar-refractivity contribution in [2.45, 2.75) is 43.8 Å². The van der Waals surface area contributed by atoms with Crippen molar-refractivity contribution in [3.63, 3.8) is 0 Å². The van der Waals surface area contributed by atoms with Gasteiger partial charge >= 0.3 is 6.03 Å². The fourth-order valence-corrected chi connectivity index (χ4v) is 6.86. The molecule has 1 saturated carbocycles. The van der Waals surface area contributed by atoms with Crippen molar-refractivity contribution in [3.8, 4) is 0 Å². The van der Waals surface area contributed by atoms with Gasteiger partial charge < -0.3 is 15.1 Å². The van der Waals surface area contributed by atoms with Crippen LogP contribution in [0, 0.1) is 17.8 Å². The van der Waals surface area contributed by atoms with Gasteiger partial charge in [-0.1, -0.05) is 19.3 Å². The summed E-state index contributed by atoms with van der Waals surface area (Å²) in [6, 6.07) is -0.184. The van der Waals surface area contributed by atoms with E-state index >= 15 is 0 Å². The molecule has 3 fully saturated rings. The second kappa shape index (κ2) is 7.74. The molecule has 148 valence electrons. The maximum absolute atomic E-state index is 12.6. The van der Waals surface area contributed by atoms with Crippen LogP contribution in [0.3, 0.4) is 0 Å². The van der Waals surface area contributed by atoms with Crippen LogP contribution in [0.1, 0.15) is 38.5 Å². The average molecular weight is 386 g/mol. The van der Waals surface area contributed by atoms with Crippen LogP contribution in [-0.2, 0) is 14.6 Å². The molecule has 0 aromatic heterocycles. The third-order valence-corrected chi connectivity index (χ3v) is 8.54. The summed E-state index contributed by atoms with van der Waals surface area (Å²) in [5.74, 6) is -0.0573. The summed E-state index contributed by atoms with van der Waals surface area (Å²) in [5.41, 5.74) is 0. The molecule has 3 amide bonds. The number of likely N-dealkylation sites (tertiary alicyclic amines) is 1. The van der Waals surface area contributed by atoms with E-state index in [1.54, 1.807) is 19.0 Å². The lowest BCUT2D eigenvalue weighted by atomic mass is 9.87. The standard InChI is InChI=1S/C18H31N3O4S/c1-20(2)17(22)14-8-9-26(24,25)16-12-21(11-15(14)16)18(23)19-10-13-6-4-3-5-7-13/h13-16H,3-12H2,1-2H3,(H,19,23)/t14-,15+,16+/m1/s1. The van der Waals surface area contributed by atoms with Crippen LogP contribution in [0.15, 0.2) is 0 Å². The maximum Gasteiger partial charge on any atom is 0.317 e. The van der Waals surface area contributed by atoms with E-state index < -0.39 is 15.1 Å². The van der Waals surface area contributed by atoms with Crippen molar-refractivity contribution in [1.82, 2.24) is 15.1 Å². The van der Waals surface area contributed by atoms with Gasteiger partial charge in [0.05, 0.1) is 11.0 Å². The summed E-state index contributed by atoms with van der Waals surface area (Å²) < 4.78 is 25.0. The van der Waals surface area contributed by atoms with Crippen LogP contribution in [0.2, 0.25) is 0 Å². The average Bonchev–Trinajstić information content (AvgIpc) is 3.07. The molecule has 0 unspecified atom stereocenters. The van der Waals surface area contributed by atoms with Gasteiger partial charge in [-0.3, -0.25) is 4.79 Å². The van der Waals surface area contributed by atoms with Crippen molar-refractivity contribution in [2.24, 2.45) is 17.8 Å². The van der Waals surface area contributed by atoms with E-state index in [2.05, 4.69) is 5.32 Å². The summed E-state index contributed by atoms with van der Waals surface area (Å²) in [7, 11) is 0.150. The molecular formula is C18H31N3O4S. The molecule has 2 saturated heterocycles. The Morgan fingerprint density at radius 2 is 1.77 bits per heavy atom. The van der Waals surface area contributed by atoms with E-state index in [4.69, 9.17) is 0 Å². The summed E-state index contributed by atoms with van der Waals surface area (Å²) in [4.78, 5) is 28.2. The molecule has 3 atom stereocenters. The summed E-state index contributed by atoms with van der Waals surface area (Å²) >= 11 is 0. The number of hydrogen-bond donors (Lipinski definition) is 1. The number of hydrogen-bond acceptors (Lipinski definition) is 4. The van der Waals surface area contributed by atoms with Crippen molar-refractivity contribution >= 4 is 21.8 Å². The molecule has 7 nitrogen and oxygen atoms in total. The predicted octanol–water partition coefficient (Wildman–Crippen LogP) is 1.10. The van der Waals surface area contributed by atoms with E-state index in [-0.39, 0.29) is 36.1 Å². The van der Waals surface area contributed by atoms with Gasteiger partial charge in [-0.15, -0.1) is 0 Å². The molecule has 2 heterocycles. The van der Waals surface area contributed by atoms with Crippen LogP contribution >= 0.6 is 0 Å². The number of sulfone groups is 1. The number of nitrogens with zero attached hydrogens (tertiary/aromatic N) is 2. The molecule has 0 radical (unpaired) electrons. The molecule has 1 N–H and O–H groups in total. The fourth-order valence-electron chi connectivity index (χ4n) is 4.76. The van der Waals surface area contributed by atoms with Crippen LogP contribution in [0.5, 0.6) is 0 Å². The number of fused-ring (bicyclic) bond motifs is 1. The van der Waals surface area contributed by atoms with Gasteiger partial charge in [0, 0.05) is 45.6 Å². The first-order chi connectivity index (χ1) is 12.3. The highest BCUT2D eigenvalue weighted by Gasteiger charge is 2.51. The first-order valence-electron chi connectivity index (χ1n) is 9.75. The third kappa shape index (κ3) is 4.00. The first-order valence-corrected chi connectivity index (χ1v) is 11.5. The molecule has 1 aliphatic carbocycles. The highest BCUT2D eigenvalue weighted by atomic mass is 32.2. The van der Waals surface area contributed by atoms with E-state index in [0.29, 0.717) is 25.4 Å². The van der Waals surface area contributed by atoms with Gasteiger partial charge in [0.1, 0.15) is 0 Å². The molecule has 0 aromatic carbocycles. The molecular weight excluding hydrogens is 354 g/mol. The molecule has 3 rings (SSSR count). The highest BCUT2D eigenvalue weighted by molar-refractivity contribution is 7.92. The number of nitrogens with one attached hydrogen (secondary N) is 1. The minimum atomic E-state index is -3.25. The molecule has 3 aliphatic rings. The Labute approximate surface area is 156 Å². The molecule has 0 aromatic rings. The fraction of sp³-hybridized carbons (Fsp3) is 0.889. The Morgan fingerprint density at radius 1 is 1.08 bits per heavy atom. The number of carbonyl (C=O) groups excluding carboxylic acids is 2. The van der Waals surface area contributed by atoms with Gasteiger partial charge in [-0.05, 0) is 25.2 Å². The zero-order chi connectivity index (χ0) is 18.9. The van der Waals surface area contributed by atoms with Crippen molar-refractivity contribution in [1.29, 1.82) is 0 Å². The topological polar surface area (TPSA) is 86.8 Å². The second-order valence-corrected chi connectivity index (χ2v) is 10.6. The zero-order valence-electron chi connectivity index (χ0n) is 15.8. The van der Waals surface area contributed by atoms with Gasteiger partial charge in [-0.2, -0.15) is 0 Å². The second-order valence-electron chi connectivity index (χ2n) is 8.29. The smallest absolute Gasteiger partial charge is 0.317 e. The highest BCUT2D eigenvalue weighted by Crippen LogP contribution is 2.37. The predicted molar refractivity (Wildman–Crippen MR) is 99.4 cm³/mol. The zero-order valence-corrected chi connectivity index (χ0v) is 16.6. The minimum absolute atomic E-state index is 0.0284. The van der Waals surface area contributed by atoms with Crippen LogP contribution in [0.25, 0.3) is 0 Å². The Hall–Kier alpha value is -1.31. The quantitative estimate of drug-likeness (QED) is 0.788. The normalized spacial score (nSPS) is 31.3. The number of amides is 3. The SMILES string of the molecule is CN(C)C(=O)[C@@H]1CCS(=O)(=O)[C@H]2CN(C(=O)NCC3CCCCC3)C[C@@H]12. The van der Waals surface area contributed by atoms with Crippen LogP contribution in [0.4, 0.5) is 4.79 Å². The Morgan fingerprint density at radius 3 is 2.42 bits per heavy atom. The van der Waals surface area contributed by atoms with Crippen molar-refractivity contribution < 1.29 is 18.0 Å². The minimum Gasteiger partial charge on any atom is -0.349 e. The largest absolute Gasteiger partial charge is 0.349 e. The Bertz CT molecular complexity index is 643. The molecule has 2 aliphatic heterocycles. The van der Waals surface area contributed by atoms with Crippen LogP contribution in [-0.4, -0.2) is 74.9 Å². The molecule has 26 heavy (non-hydrogen) atoms. The van der Waals surface area contributed by atoms with Gasteiger partial charge in [0.2, 0.25) is 5.91 Å². The monoisotopic (exact) mass is 385 g/mol. The van der Waals surface area contributed by atoms with Crippen molar-refractivity contribution in [3.05, 3.63) is 0 Å². The number of rotatable bonds is 3. The van der Waals surface area contributed by atoms with Gasteiger partial charge in [-0.25, -0.2) is 13.2 Å². The number of urea groups is 1. The van der Waals surface area contributed by atoms with E-state index in [9.17, 15) is 18.0 Å². The lowest BCUT2D eigenvalue weighted by molar-refractivity contribution is -0.134. The van der Waals surface area contributed by atoms with E-state index in [0.717, 1.165) is 12.8 Å². The Balaban J connectivity index is 1.64. The summed E-state index contributed by atoms with van der Waals surface area (Å²) in [6.45, 7) is 1.23. The van der Waals surface area contributed by atoms with Gasteiger partial charge in [0.15, 0.2) is 9.84 Å². The van der Waals surface area contributed by atoms with E-state index in [1.165, 1.54) is 24.2 Å². The lowest BCUT2D eigenvalue weighted by Gasteiger charge is -2.33. The molecule has 0 spiro atoms. The molecule has 0 bridgehead atoms. The third-order valence-electron chi connectivity index (χ3n) is 6.31.